The van der Waals surface area contributed by atoms with Crippen LogP contribution in [-0.2, 0) is 4.79 Å². The molecule has 1 amide bonds. The van der Waals surface area contributed by atoms with Crippen LogP contribution >= 0.6 is 0 Å². The molecule has 3 fully saturated rings. The van der Waals surface area contributed by atoms with Gasteiger partial charge in [-0.3, -0.25) is 4.79 Å². The van der Waals surface area contributed by atoms with Crippen molar-refractivity contribution in [2.75, 3.05) is 18.0 Å². The molecule has 156 valence electrons. The minimum absolute atomic E-state index is 0.244. The third kappa shape index (κ3) is 4.01. The number of rotatable bonds is 6. The number of carbonyl (C=O) groups is 1. The number of benzene rings is 1. The molecule has 1 aliphatic heterocycles. The largest absolute Gasteiger partial charge is 0.352 e. The number of imidazole rings is 1. The molecule has 29 heavy (non-hydrogen) atoms. The first-order valence-corrected chi connectivity index (χ1v) is 11.8. The maximum absolute atomic E-state index is 12.5. The van der Waals surface area contributed by atoms with E-state index >= 15 is 0 Å². The van der Waals surface area contributed by atoms with Gasteiger partial charge >= 0.3 is 0 Å². The van der Waals surface area contributed by atoms with E-state index in [2.05, 4.69) is 39.0 Å². The smallest absolute Gasteiger partial charge is 0.220 e. The Hall–Kier alpha value is -2.04. The third-order valence-corrected chi connectivity index (χ3v) is 7.36. The first-order chi connectivity index (χ1) is 14.3. The Morgan fingerprint density at radius 1 is 1.03 bits per heavy atom. The van der Waals surface area contributed by atoms with Gasteiger partial charge in [0.25, 0.3) is 0 Å². The van der Waals surface area contributed by atoms with Crippen molar-refractivity contribution in [3.8, 4) is 0 Å². The molecule has 0 spiro atoms. The van der Waals surface area contributed by atoms with Crippen molar-refractivity contribution in [3.63, 3.8) is 0 Å². The van der Waals surface area contributed by atoms with Gasteiger partial charge in [0.15, 0.2) is 0 Å². The van der Waals surface area contributed by atoms with Crippen molar-refractivity contribution in [1.82, 2.24) is 14.9 Å². The highest BCUT2D eigenvalue weighted by molar-refractivity contribution is 5.79. The van der Waals surface area contributed by atoms with E-state index in [-0.39, 0.29) is 11.9 Å². The summed E-state index contributed by atoms with van der Waals surface area (Å²) in [5.41, 5.74) is 2.36. The number of aromatic nitrogens is 2. The van der Waals surface area contributed by atoms with E-state index in [9.17, 15) is 4.79 Å². The molecule has 1 atom stereocenters. The van der Waals surface area contributed by atoms with Crippen LogP contribution in [0.1, 0.15) is 76.7 Å². The Labute approximate surface area is 173 Å². The van der Waals surface area contributed by atoms with Crippen molar-refractivity contribution in [1.29, 1.82) is 0 Å². The van der Waals surface area contributed by atoms with Crippen molar-refractivity contribution < 1.29 is 4.79 Å². The molecule has 2 heterocycles. The quantitative estimate of drug-likeness (QED) is 0.764. The molecule has 0 bridgehead atoms. The van der Waals surface area contributed by atoms with Gasteiger partial charge in [0.2, 0.25) is 11.9 Å². The molecule has 0 radical (unpaired) electrons. The summed E-state index contributed by atoms with van der Waals surface area (Å²) in [5.74, 6) is 2.14. The molecule has 2 saturated carbocycles. The van der Waals surface area contributed by atoms with E-state index in [1.807, 2.05) is 0 Å². The van der Waals surface area contributed by atoms with E-state index in [1.165, 1.54) is 56.9 Å². The molecular weight excluding hydrogens is 360 g/mol. The second kappa shape index (κ2) is 8.37. The summed E-state index contributed by atoms with van der Waals surface area (Å²) >= 11 is 0. The second-order valence-electron chi connectivity index (χ2n) is 9.40. The van der Waals surface area contributed by atoms with Crippen LogP contribution in [0.3, 0.4) is 0 Å². The minimum atomic E-state index is 0.244. The van der Waals surface area contributed by atoms with Crippen LogP contribution in [0, 0.1) is 5.92 Å². The molecule has 3 aliphatic rings. The van der Waals surface area contributed by atoms with E-state index < -0.39 is 0 Å². The number of nitrogens with zero attached hydrogens (tertiary/aromatic N) is 3. The third-order valence-electron chi connectivity index (χ3n) is 7.36. The fourth-order valence-corrected chi connectivity index (χ4v) is 5.77. The molecule has 5 heteroatoms. The number of anilines is 1. The summed E-state index contributed by atoms with van der Waals surface area (Å²) in [7, 11) is 0. The van der Waals surface area contributed by atoms with Crippen molar-refractivity contribution in [3.05, 3.63) is 24.3 Å². The lowest BCUT2D eigenvalue weighted by atomic mass is 10.0. The summed E-state index contributed by atoms with van der Waals surface area (Å²) < 4.78 is 2.49. The zero-order valence-electron chi connectivity index (χ0n) is 17.5. The van der Waals surface area contributed by atoms with Crippen molar-refractivity contribution in [2.45, 2.75) is 82.7 Å². The maximum atomic E-state index is 12.5. The average molecular weight is 395 g/mol. The van der Waals surface area contributed by atoms with Crippen LogP contribution in [0.25, 0.3) is 11.0 Å². The first-order valence-electron chi connectivity index (χ1n) is 11.8. The number of para-hydroxylation sites is 2. The highest BCUT2D eigenvalue weighted by Gasteiger charge is 2.30. The molecule has 1 aromatic carbocycles. The molecule has 1 N–H and O–H groups in total. The molecule has 1 saturated heterocycles. The molecule has 0 unspecified atom stereocenters. The lowest BCUT2D eigenvalue weighted by molar-refractivity contribution is -0.121. The Kier molecular flexibility index (Phi) is 5.47. The van der Waals surface area contributed by atoms with E-state index in [0.29, 0.717) is 12.5 Å². The topological polar surface area (TPSA) is 50.2 Å². The fourth-order valence-electron chi connectivity index (χ4n) is 5.77. The van der Waals surface area contributed by atoms with Gasteiger partial charge in [-0.2, -0.15) is 0 Å². The number of nitrogens with one attached hydrogen (secondary N) is 1. The van der Waals surface area contributed by atoms with Crippen LogP contribution in [0.15, 0.2) is 24.3 Å². The zero-order valence-corrected chi connectivity index (χ0v) is 17.5. The Morgan fingerprint density at radius 3 is 2.62 bits per heavy atom. The number of fused-ring (bicyclic) bond motifs is 1. The van der Waals surface area contributed by atoms with Gasteiger partial charge in [-0.25, -0.2) is 4.98 Å². The Morgan fingerprint density at radius 2 is 1.79 bits per heavy atom. The summed E-state index contributed by atoms with van der Waals surface area (Å²) in [6, 6.07) is 9.36. The Bertz CT molecular complexity index is 848. The van der Waals surface area contributed by atoms with Crippen molar-refractivity contribution in [2.24, 2.45) is 5.92 Å². The number of carbonyl (C=O) groups excluding carboxylic acids is 1. The van der Waals surface area contributed by atoms with E-state index in [1.54, 1.807) is 0 Å². The first kappa shape index (κ1) is 19.0. The average Bonchev–Trinajstić information content (AvgIpc) is 3.52. The molecular formula is C24H34N4O. The number of hydrogen-bond acceptors (Lipinski definition) is 3. The van der Waals surface area contributed by atoms with Crippen LogP contribution in [0.4, 0.5) is 5.95 Å². The van der Waals surface area contributed by atoms with Gasteiger partial charge in [0.05, 0.1) is 11.0 Å². The summed E-state index contributed by atoms with van der Waals surface area (Å²) in [6.45, 7) is 1.86. The second-order valence-corrected chi connectivity index (χ2v) is 9.40. The predicted molar refractivity (Wildman–Crippen MR) is 117 cm³/mol. The van der Waals surface area contributed by atoms with Crippen LogP contribution in [-0.4, -0.2) is 34.6 Å². The zero-order chi connectivity index (χ0) is 19.6. The van der Waals surface area contributed by atoms with Crippen LogP contribution in [0.5, 0.6) is 0 Å². The Balaban J connectivity index is 1.25. The summed E-state index contributed by atoms with van der Waals surface area (Å²) in [4.78, 5) is 19.9. The normalized spacial score (nSPS) is 23.4. The molecule has 2 aromatic rings. The molecule has 1 aromatic heterocycles. The van der Waals surface area contributed by atoms with Gasteiger partial charge in [0.1, 0.15) is 0 Å². The predicted octanol–water partition coefficient (Wildman–Crippen LogP) is 4.82. The van der Waals surface area contributed by atoms with E-state index in [4.69, 9.17) is 4.98 Å². The monoisotopic (exact) mass is 394 g/mol. The summed E-state index contributed by atoms with van der Waals surface area (Å²) in [6.07, 6.45) is 13.3. The maximum Gasteiger partial charge on any atom is 0.220 e. The molecule has 2 aliphatic carbocycles. The molecule has 5 nitrogen and oxygen atoms in total. The van der Waals surface area contributed by atoms with Gasteiger partial charge in [0, 0.05) is 31.6 Å². The van der Waals surface area contributed by atoms with Crippen LogP contribution in [0.2, 0.25) is 0 Å². The highest BCUT2D eigenvalue weighted by atomic mass is 16.1. The SMILES string of the molecule is O=C(CCC1CCCC1)N[C@@H]1CCN(c2nc3ccccc3n2C2CCCC2)C1. The van der Waals surface area contributed by atoms with Gasteiger partial charge in [-0.15, -0.1) is 0 Å². The lowest BCUT2D eigenvalue weighted by Crippen LogP contribution is -2.37. The lowest BCUT2D eigenvalue weighted by Gasteiger charge is -2.23. The van der Waals surface area contributed by atoms with Crippen LogP contribution < -0.4 is 10.2 Å². The van der Waals surface area contributed by atoms with Gasteiger partial charge < -0.3 is 14.8 Å². The summed E-state index contributed by atoms with van der Waals surface area (Å²) in [5, 5.41) is 3.31. The number of hydrogen-bond donors (Lipinski definition) is 1. The van der Waals surface area contributed by atoms with Crippen molar-refractivity contribution >= 4 is 22.9 Å². The van der Waals surface area contributed by atoms with Gasteiger partial charge in [-0.05, 0) is 43.7 Å². The minimum Gasteiger partial charge on any atom is -0.352 e. The van der Waals surface area contributed by atoms with E-state index in [0.717, 1.165) is 43.3 Å². The fraction of sp³-hybridized carbons (Fsp3) is 0.667. The highest BCUT2D eigenvalue weighted by Crippen LogP contribution is 2.37. The van der Waals surface area contributed by atoms with Gasteiger partial charge in [-0.1, -0.05) is 50.7 Å². The standard InChI is InChI=1S/C24H34N4O/c29-23(14-13-18-7-1-2-8-18)25-19-15-16-27(17-19)24-26-21-11-5-6-12-22(21)28(24)20-9-3-4-10-20/h5-6,11-12,18-20H,1-4,7-10,13-17H2,(H,25,29)/t19-/m1/s1. The number of amides is 1. The molecule has 5 rings (SSSR count).